The quantitative estimate of drug-likeness (QED) is 0.410. The molecule has 0 aliphatic carbocycles. The first-order chi connectivity index (χ1) is 10.7. The highest BCUT2D eigenvalue weighted by molar-refractivity contribution is 7.90. The lowest BCUT2D eigenvalue weighted by molar-refractivity contribution is -0.0575. The van der Waals surface area contributed by atoms with Crippen molar-refractivity contribution in [3.05, 3.63) is 0 Å². The molecule has 3 heterocycles. The van der Waals surface area contributed by atoms with E-state index < -0.39 is 46.1 Å². The van der Waals surface area contributed by atoms with E-state index in [4.69, 9.17) is 15.6 Å². The van der Waals surface area contributed by atoms with E-state index >= 15 is 0 Å². The lowest BCUT2D eigenvalue weighted by Crippen LogP contribution is -2.33. The molecule has 126 valence electrons. The second-order valence-electron chi connectivity index (χ2n) is 5.10. The Hall–Kier alpha value is -1.93. The summed E-state index contributed by atoms with van der Waals surface area (Å²) in [4.78, 5) is 7.49. The number of aliphatic hydroxyl groups excluding tert-OH is 3. The number of aliphatic hydroxyl groups is 3. The maximum atomic E-state index is 11.6. The molecule has 4 unspecified atom stereocenters. The molecule has 1 aliphatic heterocycles. The van der Waals surface area contributed by atoms with Crippen LogP contribution in [0.5, 0.6) is 0 Å². The molecule has 4 atom stereocenters. The van der Waals surface area contributed by atoms with Crippen LogP contribution in [0.15, 0.2) is 5.16 Å². The fraction of sp³-hybridized carbons (Fsp3) is 0.600. The van der Waals surface area contributed by atoms with Crippen LogP contribution in [0.25, 0.3) is 11.2 Å². The molecule has 12 nitrogen and oxygen atoms in total. The normalized spacial score (nSPS) is 28.5. The molecule has 0 amide bonds. The Labute approximate surface area is 129 Å². The van der Waals surface area contributed by atoms with E-state index in [-0.39, 0.29) is 17.0 Å². The first-order valence-corrected chi connectivity index (χ1v) is 8.34. The average molecular weight is 346 g/mol. The zero-order valence-corrected chi connectivity index (χ0v) is 12.6. The van der Waals surface area contributed by atoms with Gasteiger partial charge in [-0.1, -0.05) is 5.21 Å². The number of fused-ring (bicyclic) bond motifs is 1. The van der Waals surface area contributed by atoms with Gasteiger partial charge in [0.2, 0.25) is 9.84 Å². The summed E-state index contributed by atoms with van der Waals surface area (Å²) in [5, 5.41) is 35.8. The van der Waals surface area contributed by atoms with E-state index in [0.717, 1.165) is 10.9 Å². The van der Waals surface area contributed by atoms with Gasteiger partial charge in [-0.3, -0.25) is 0 Å². The molecule has 3 rings (SSSR count). The molecule has 5 N–H and O–H groups in total. The van der Waals surface area contributed by atoms with Gasteiger partial charge in [0.15, 0.2) is 23.2 Å². The molecule has 1 aliphatic rings. The lowest BCUT2D eigenvalue weighted by atomic mass is 10.1. The van der Waals surface area contributed by atoms with Crippen molar-refractivity contribution in [2.75, 3.05) is 18.6 Å². The Kier molecular flexibility index (Phi) is 3.68. The fourth-order valence-electron chi connectivity index (χ4n) is 2.25. The predicted molar refractivity (Wildman–Crippen MR) is 73.6 cm³/mol. The van der Waals surface area contributed by atoms with Gasteiger partial charge in [0.05, 0.1) is 6.61 Å². The van der Waals surface area contributed by atoms with E-state index in [0.29, 0.717) is 0 Å². The molecule has 0 radical (unpaired) electrons. The highest BCUT2D eigenvalue weighted by Crippen LogP contribution is 2.31. The number of sulfone groups is 1. The minimum absolute atomic E-state index is 0.0233. The molecule has 1 fully saturated rings. The number of nitrogens with zero attached hydrogens (tertiary/aromatic N) is 5. The number of nitrogen functional groups attached to an aromatic ring is 1. The van der Waals surface area contributed by atoms with Gasteiger partial charge >= 0.3 is 0 Å². The van der Waals surface area contributed by atoms with Gasteiger partial charge < -0.3 is 25.8 Å². The smallest absolute Gasteiger partial charge is 0.250 e. The van der Waals surface area contributed by atoms with Crippen molar-refractivity contribution in [3.8, 4) is 0 Å². The summed E-state index contributed by atoms with van der Waals surface area (Å²) < 4.78 is 29.5. The third-order valence-electron chi connectivity index (χ3n) is 3.42. The van der Waals surface area contributed by atoms with Gasteiger partial charge in [-0.25, -0.2) is 8.42 Å². The number of anilines is 1. The number of aromatic nitrogens is 5. The summed E-state index contributed by atoms with van der Waals surface area (Å²) in [5.41, 5.74) is 5.60. The maximum Gasteiger partial charge on any atom is 0.250 e. The van der Waals surface area contributed by atoms with Crippen LogP contribution in [-0.2, 0) is 14.6 Å². The molecule has 2 aromatic heterocycles. The SMILES string of the molecule is CS(=O)(=O)c1nc(N)c2nnn(C3OC(CO)C(O)C3O)c2n1. The molecule has 1 saturated heterocycles. The second-order valence-corrected chi connectivity index (χ2v) is 7.01. The minimum atomic E-state index is -3.74. The molecule has 0 aromatic carbocycles. The van der Waals surface area contributed by atoms with Gasteiger partial charge in [0.25, 0.3) is 5.16 Å². The Morgan fingerprint density at radius 2 is 2.00 bits per heavy atom. The Morgan fingerprint density at radius 3 is 2.57 bits per heavy atom. The van der Waals surface area contributed by atoms with E-state index in [1.54, 1.807) is 0 Å². The number of hydrogen-bond donors (Lipinski definition) is 4. The molecule has 13 heteroatoms. The van der Waals surface area contributed by atoms with Crippen molar-refractivity contribution < 1.29 is 28.5 Å². The van der Waals surface area contributed by atoms with Crippen molar-refractivity contribution in [2.24, 2.45) is 0 Å². The van der Waals surface area contributed by atoms with Gasteiger partial charge in [0.1, 0.15) is 18.3 Å². The third kappa shape index (κ3) is 2.51. The van der Waals surface area contributed by atoms with Crippen molar-refractivity contribution >= 4 is 26.8 Å². The van der Waals surface area contributed by atoms with Crippen molar-refractivity contribution in [1.82, 2.24) is 25.0 Å². The van der Waals surface area contributed by atoms with Crippen LogP contribution in [0.4, 0.5) is 5.82 Å². The molecule has 2 aromatic rings. The summed E-state index contributed by atoms with van der Waals surface area (Å²) in [6.07, 6.45) is -4.10. The first kappa shape index (κ1) is 15.9. The Bertz CT molecular complexity index is 853. The van der Waals surface area contributed by atoms with Gasteiger partial charge in [-0.15, -0.1) is 5.10 Å². The number of ether oxygens (including phenoxy) is 1. The van der Waals surface area contributed by atoms with Crippen LogP contribution in [0.2, 0.25) is 0 Å². The van der Waals surface area contributed by atoms with Crippen molar-refractivity contribution in [1.29, 1.82) is 0 Å². The lowest BCUT2D eigenvalue weighted by Gasteiger charge is -2.14. The van der Waals surface area contributed by atoms with E-state index in [1.807, 2.05) is 0 Å². The van der Waals surface area contributed by atoms with Crippen LogP contribution in [0.3, 0.4) is 0 Å². The second kappa shape index (κ2) is 5.31. The van der Waals surface area contributed by atoms with Gasteiger partial charge in [0, 0.05) is 6.26 Å². The topological polar surface area (TPSA) is 187 Å². The molecular formula is C10H14N6O6S. The largest absolute Gasteiger partial charge is 0.394 e. The number of rotatable bonds is 3. The van der Waals surface area contributed by atoms with Gasteiger partial charge in [-0.2, -0.15) is 14.6 Å². The van der Waals surface area contributed by atoms with Crippen LogP contribution >= 0.6 is 0 Å². The zero-order chi connectivity index (χ0) is 16.9. The standard InChI is InChI=1S/C10H14N6O6S/c1-23(20,21)10-12-7(11)4-8(13-10)16(15-14-4)9-6(19)5(18)3(2-17)22-9/h3,5-6,9,17-19H,2H2,1H3,(H2,11,12,13). The Balaban J connectivity index is 2.14. The number of hydrogen-bond acceptors (Lipinski definition) is 11. The molecule has 0 saturated carbocycles. The maximum absolute atomic E-state index is 11.6. The van der Waals surface area contributed by atoms with Crippen LogP contribution in [0, 0.1) is 0 Å². The van der Waals surface area contributed by atoms with Crippen LogP contribution in [-0.4, -0.2) is 79.9 Å². The molecule has 0 bridgehead atoms. The Morgan fingerprint density at radius 1 is 1.30 bits per heavy atom. The van der Waals surface area contributed by atoms with Crippen molar-refractivity contribution in [3.63, 3.8) is 0 Å². The van der Waals surface area contributed by atoms with Gasteiger partial charge in [-0.05, 0) is 0 Å². The van der Waals surface area contributed by atoms with Crippen LogP contribution in [0.1, 0.15) is 6.23 Å². The van der Waals surface area contributed by atoms with Crippen molar-refractivity contribution in [2.45, 2.75) is 29.7 Å². The highest BCUT2D eigenvalue weighted by atomic mass is 32.2. The monoisotopic (exact) mass is 346 g/mol. The van der Waals surface area contributed by atoms with Crippen LogP contribution < -0.4 is 5.73 Å². The summed E-state index contributed by atoms with van der Waals surface area (Å²) >= 11 is 0. The summed E-state index contributed by atoms with van der Waals surface area (Å²) in [5.74, 6) is -0.201. The third-order valence-corrected chi connectivity index (χ3v) is 4.27. The van der Waals surface area contributed by atoms with E-state index in [2.05, 4.69) is 20.3 Å². The summed E-state index contributed by atoms with van der Waals surface area (Å²) in [7, 11) is -3.74. The minimum Gasteiger partial charge on any atom is -0.394 e. The van der Waals surface area contributed by atoms with E-state index in [9.17, 15) is 18.6 Å². The first-order valence-electron chi connectivity index (χ1n) is 6.45. The molecular weight excluding hydrogens is 332 g/mol. The average Bonchev–Trinajstić information content (AvgIpc) is 3.01. The molecule has 23 heavy (non-hydrogen) atoms. The summed E-state index contributed by atoms with van der Waals surface area (Å²) in [6, 6.07) is 0. The van der Waals surface area contributed by atoms with E-state index in [1.165, 1.54) is 0 Å². The zero-order valence-electron chi connectivity index (χ0n) is 11.8. The summed E-state index contributed by atoms with van der Waals surface area (Å²) in [6.45, 7) is -0.521. The fourth-order valence-corrected chi connectivity index (χ4v) is 2.77. The molecule has 0 spiro atoms. The highest BCUT2D eigenvalue weighted by Gasteiger charge is 2.44. The predicted octanol–water partition coefficient (Wildman–Crippen LogP) is -3.18. The number of nitrogens with two attached hydrogens (primary N) is 1.